The maximum Gasteiger partial charge on any atom is 0.101 e. The number of aromatic nitrogens is 1. The molecular formula is C12H10ClNOS. The first-order valence-corrected chi connectivity index (χ1v) is 5.96. The lowest BCUT2D eigenvalue weighted by Crippen LogP contribution is -1.85. The van der Waals surface area contributed by atoms with Gasteiger partial charge in [0.2, 0.25) is 0 Å². The van der Waals surface area contributed by atoms with Gasteiger partial charge in [0.15, 0.2) is 0 Å². The van der Waals surface area contributed by atoms with Crippen LogP contribution in [-0.4, -0.2) is 10.1 Å². The van der Waals surface area contributed by atoms with Gasteiger partial charge in [0.1, 0.15) is 5.03 Å². The number of aliphatic hydroxyl groups is 1. The van der Waals surface area contributed by atoms with Crippen molar-refractivity contribution in [3.05, 3.63) is 53.2 Å². The summed E-state index contributed by atoms with van der Waals surface area (Å²) in [5, 5.41) is 10.5. The van der Waals surface area contributed by atoms with Crippen molar-refractivity contribution >= 4 is 23.4 Å². The van der Waals surface area contributed by atoms with Crippen molar-refractivity contribution in [2.75, 3.05) is 0 Å². The van der Waals surface area contributed by atoms with E-state index >= 15 is 0 Å². The third-order valence-electron chi connectivity index (χ3n) is 2.00. The molecule has 2 rings (SSSR count). The normalized spacial score (nSPS) is 10.4. The molecule has 0 aliphatic heterocycles. The molecule has 1 heterocycles. The molecule has 0 saturated carbocycles. The molecule has 1 aromatic carbocycles. The number of nitrogens with zero attached hydrogens (tertiary/aromatic N) is 1. The molecule has 0 fully saturated rings. The Morgan fingerprint density at radius 1 is 1.25 bits per heavy atom. The van der Waals surface area contributed by atoms with Crippen LogP contribution in [0.3, 0.4) is 0 Å². The van der Waals surface area contributed by atoms with Crippen molar-refractivity contribution in [1.82, 2.24) is 4.98 Å². The van der Waals surface area contributed by atoms with E-state index in [0.29, 0.717) is 0 Å². The molecule has 2 aromatic rings. The van der Waals surface area contributed by atoms with Crippen LogP contribution in [0.2, 0.25) is 5.02 Å². The van der Waals surface area contributed by atoms with Gasteiger partial charge in [0.05, 0.1) is 6.61 Å². The van der Waals surface area contributed by atoms with E-state index in [2.05, 4.69) is 4.98 Å². The summed E-state index contributed by atoms with van der Waals surface area (Å²) in [6.07, 6.45) is 1.67. The van der Waals surface area contributed by atoms with Crippen molar-refractivity contribution in [3.63, 3.8) is 0 Å². The van der Waals surface area contributed by atoms with E-state index in [0.717, 1.165) is 20.5 Å². The lowest BCUT2D eigenvalue weighted by Gasteiger charge is -2.02. The molecule has 0 aliphatic rings. The smallest absolute Gasteiger partial charge is 0.101 e. The molecule has 0 radical (unpaired) electrons. The number of hydrogen-bond acceptors (Lipinski definition) is 3. The van der Waals surface area contributed by atoms with E-state index in [1.807, 2.05) is 36.4 Å². The van der Waals surface area contributed by atoms with Gasteiger partial charge in [0, 0.05) is 16.1 Å². The molecule has 0 aliphatic carbocycles. The molecule has 0 saturated heterocycles. The van der Waals surface area contributed by atoms with Crippen LogP contribution >= 0.6 is 23.4 Å². The van der Waals surface area contributed by atoms with E-state index in [1.54, 1.807) is 18.0 Å². The van der Waals surface area contributed by atoms with E-state index in [-0.39, 0.29) is 6.61 Å². The van der Waals surface area contributed by atoms with Gasteiger partial charge in [-0.15, -0.1) is 0 Å². The molecule has 82 valence electrons. The van der Waals surface area contributed by atoms with E-state index in [4.69, 9.17) is 16.7 Å². The fourth-order valence-electron chi connectivity index (χ4n) is 1.22. The Balaban J connectivity index is 2.14. The zero-order valence-electron chi connectivity index (χ0n) is 8.43. The van der Waals surface area contributed by atoms with Gasteiger partial charge in [-0.3, -0.25) is 0 Å². The highest BCUT2D eigenvalue weighted by Gasteiger charge is 1.99. The summed E-state index contributed by atoms with van der Waals surface area (Å²) in [6, 6.07) is 11.4. The van der Waals surface area contributed by atoms with Crippen molar-refractivity contribution in [1.29, 1.82) is 0 Å². The van der Waals surface area contributed by atoms with Gasteiger partial charge in [-0.2, -0.15) is 0 Å². The van der Waals surface area contributed by atoms with Crippen molar-refractivity contribution < 1.29 is 5.11 Å². The third kappa shape index (κ3) is 2.98. The number of aliphatic hydroxyl groups excluding tert-OH is 1. The maximum atomic E-state index is 8.89. The average molecular weight is 252 g/mol. The molecule has 16 heavy (non-hydrogen) atoms. The van der Waals surface area contributed by atoms with Gasteiger partial charge in [0.25, 0.3) is 0 Å². The second-order valence-electron chi connectivity index (χ2n) is 3.22. The third-order valence-corrected chi connectivity index (χ3v) is 3.17. The van der Waals surface area contributed by atoms with Crippen molar-refractivity contribution in [2.24, 2.45) is 0 Å². The van der Waals surface area contributed by atoms with Crippen LogP contribution < -0.4 is 0 Å². The Hall–Kier alpha value is -1.03. The number of hydrogen-bond donors (Lipinski definition) is 1. The number of pyridine rings is 1. The van der Waals surface area contributed by atoms with Gasteiger partial charge in [-0.25, -0.2) is 4.98 Å². The summed E-state index contributed by atoms with van der Waals surface area (Å²) in [6.45, 7) is 0.0229. The SMILES string of the molecule is OCc1ccc(Sc2cccc(Cl)c2)nc1. The summed E-state index contributed by atoms with van der Waals surface area (Å²) >= 11 is 7.44. The van der Waals surface area contributed by atoms with Gasteiger partial charge < -0.3 is 5.11 Å². The van der Waals surface area contributed by atoms with Gasteiger partial charge >= 0.3 is 0 Å². The summed E-state index contributed by atoms with van der Waals surface area (Å²) < 4.78 is 0. The Morgan fingerprint density at radius 2 is 2.12 bits per heavy atom. The first-order chi connectivity index (χ1) is 7.78. The van der Waals surface area contributed by atoms with Crippen LogP contribution in [-0.2, 0) is 6.61 Å². The van der Waals surface area contributed by atoms with Crippen LogP contribution in [0.15, 0.2) is 52.5 Å². The molecule has 1 aromatic heterocycles. The highest BCUT2D eigenvalue weighted by molar-refractivity contribution is 7.99. The minimum atomic E-state index is 0.0229. The molecular weight excluding hydrogens is 242 g/mol. The Kier molecular flexibility index (Phi) is 3.83. The Bertz CT molecular complexity index is 473. The minimum Gasteiger partial charge on any atom is -0.392 e. The van der Waals surface area contributed by atoms with Crippen molar-refractivity contribution in [2.45, 2.75) is 16.5 Å². The lowest BCUT2D eigenvalue weighted by molar-refractivity contribution is 0.281. The number of rotatable bonds is 3. The molecule has 1 N–H and O–H groups in total. The predicted molar refractivity (Wildman–Crippen MR) is 65.7 cm³/mol. The van der Waals surface area contributed by atoms with Crippen LogP contribution in [0.1, 0.15) is 5.56 Å². The Morgan fingerprint density at radius 3 is 2.75 bits per heavy atom. The second-order valence-corrected chi connectivity index (χ2v) is 4.75. The van der Waals surface area contributed by atoms with Crippen LogP contribution in [0, 0.1) is 0 Å². The monoisotopic (exact) mass is 251 g/mol. The molecule has 0 amide bonds. The van der Waals surface area contributed by atoms with E-state index in [9.17, 15) is 0 Å². The van der Waals surface area contributed by atoms with Gasteiger partial charge in [-0.05, 0) is 29.8 Å². The summed E-state index contributed by atoms with van der Waals surface area (Å²) in [5.74, 6) is 0. The zero-order chi connectivity index (χ0) is 11.4. The topological polar surface area (TPSA) is 33.1 Å². The second kappa shape index (κ2) is 5.34. The predicted octanol–water partition coefficient (Wildman–Crippen LogP) is 3.38. The van der Waals surface area contributed by atoms with Crippen LogP contribution in [0.5, 0.6) is 0 Å². The highest BCUT2D eigenvalue weighted by atomic mass is 35.5. The highest BCUT2D eigenvalue weighted by Crippen LogP contribution is 2.27. The molecule has 4 heteroatoms. The molecule has 0 atom stereocenters. The standard InChI is InChI=1S/C12H10ClNOS/c13-10-2-1-3-11(6-10)16-12-5-4-9(8-15)7-14-12/h1-7,15H,8H2. The number of benzene rings is 1. The summed E-state index contributed by atoms with van der Waals surface area (Å²) in [4.78, 5) is 5.29. The Labute approximate surface area is 103 Å². The number of halogens is 1. The largest absolute Gasteiger partial charge is 0.392 e. The maximum absolute atomic E-state index is 8.89. The first kappa shape index (κ1) is 11.5. The molecule has 0 bridgehead atoms. The van der Waals surface area contributed by atoms with Crippen molar-refractivity contribution in [3.8, 4) is 0 Å². The van der Waals surface area contributed by atoms with Crippen LogP contribution in [0.25, 0.3) is 0 Å². The quantitative estimate of drug-likeness (QED) is 0.908. The van der Waals surface area contributed by atoms with E-state index in [1.165, 1.54) is 0 Å². The summed E-state index contributed by atoms with van der Waals surface area (Å²) in [7, 11) is 0. The zero-order valence-corrected chi connectivity index (χ0v) is 10.0. The molecule has 2 nitrogen and oxygen atoms in total. The fourth-order valence-corrected chi connectivity index (χ4v) is 2.29. The average Bonchev–Trinajstić information content (AvgIpc) is 2.30. The first-order valence-electron chi connectivity index (χ1n) is 4.77. The lowest BCUT2D eigenvalue weighted by atomic mass is 10.3. The summed E-state index contributed by atoms with van der Waals surface area (Å²) in [5.41, 5.74) is 0.815. The van der Waals surface area contributed by atoms with Crippen LogP contribution in [0.4, 0.5) is 0 Å². The van der Waals surface area contributed by atoms with E-state index < -0.39 is 0 Å². The molecule has 0 unspecified atom stereocenters. The fraction of sp³-hybridized carbons (Fsp3) is 0.0833. The minimum absolute atomic E-state index is 0.0229. The van der Waals surface area contributed by atoms with Gasteiger partial charge in [-0.1, -0.05) is 35.5 Å². The molecule has 0 spiro atoms.